The van der Waals surface area contributed by atoms with E-state index in [1.54, 1.807) is 0 Å². The third-order valence-corrected chi connectivity index (χ3v) is 1.17. The Labute approximate surface area is 103 Å². The Balaban J connectivity index is 0. The van der Waals surface area contributed by atoms with Crippen molar-refractivity contribution in [2.24, 2.45) is 0 Å². The standard InChI is InChI=1S/C7H9O6.Na/c1-11-5(8)4(6(9)12-2)7(10)13-3;/h1-3H3;/q-1;+1. The number of methoxy groups -OCH3 is 3. The fraction of sp³-hybridized carbons (Fsp3) is 0.429. The van der Waals surface area contributed by atoms with Crippen molar-refractivity contribution in [3.8, 4) is 0 Å². The number of esters is 3. The average molecular weight is 212 g/mol. The Hall–Kier alpha value is -0.720. The fourth-order valence-electron chi connectivity index (χ4n) is 0.556. The Morgan fingerprint density at radius 3 is 1.14 bits per heavy atom. The summed E-state index contributed by atoms with van der Waals surface area (Å²) in [5.74, 6) is -4.04. The molecule has 74 valence electrons. The number of carbonyl (C=O) groups is 3. The third kappa shape index (κ3) is 3.99. The summed E-state index contributed by atoms with van der Waals surface area (Å²) in [6, 6.07) is 0. The molecule has 0 unspecified atom stereocenters. The molecule has 0 aliphatic heterocycles. The predicted molar refractivity (Wildman–Crippen MR) is 39.3 cm³/mol. The quantitative estimate of drug-likeness (QED) is 0.156. The van der Waals surface area contributed by atoms with Crippen LogP contribution in [0.25, 0.3) is 0 Å². The van der Waals surface area contributed by atoms with Gasteiger partial charge in [-0.2, -0.15) is 0 Å². The minimum absolute atomic E-state index is 0. The van der Waals surface area contributed by atoms with Crippen LogP contribution in [0.1, 0.15) is 0 Å². The first-order valence-corrected chi connectivity index (χ1v) is 3.20. The van der Waals surface area contributed by atoms with Crippen LogP contribution in [-0.2, 0) is 28.6 Å². The molecule has 0 aliphatic carbocycles. The zero-order valence-corrected chi connectivity index (χ0v) is 10.4. The van der Waals surface area contributed by atoms with Crippen molar-refractivity contribution < 1.29 is 58.2 Å². The molecular formula is C7H9NaO6. The molecule has 0 aliphatic rings. The van der Waals surface area contributed by atoms with Crippen LogP contribution in [0.15, 0.2) is 0 Å². The van der Waals surface area contributed by atoms with Crippen LogP contribution in [0, 0.1) is 5.92 Å². The van der Waals surface area contributed by atoms with Gasteiger partial charge in [0.25, 0.3) is 0 Å². The van der Waals surface area contributed by atoms with Crippen LogP contribution < -0.4 is 29.6 Å². The number of hydrogen-bond acceptors (Lipinski definition) is 6. The van der Waals surface area contributed by atoms with Crippen LogP contribution in [0.4, 0.5) is 0 Å². The summed E-state index contributed by atoms with van der Waals surface area (Å²) in [4.78, 5) is 32.6. The maximum absolute atomic E-state index is 10.9. The molecule has 0 amide bonds. The zero-order chi connectivity index (χ0) is 10.4. The van der Waals surface area contributed by atoms with E-state index < -0.39 is 23.8 Å². The van der Waals surface area contributed by atoms with Crippen molar-refractivity contribution >= 4 is 17.9 Å². The topological polar surface area (TPSA) is 78.9 Å². The van der Waals surface area contributed by atoms with Gasteiger partial charge in [-0.3, -0.25) is 14.4 Å². The van der Waals surface area contributed by atoms with E-state index in [2.05, 4.69) is 14.2 Å². The summed E-state index contributed by atoms with van der Waals surface area (Å²) in [6.45, 7) is 0. The normalized spacial score (nSPS) is 7.93. The number of ether oxygens (including phenoxy) is 3. The molecule has 14 heavy (non-hydrogen) atoms. The molecule has 0 saturated carbocycles. The van der Waals surface area contributed by atoms with Crippen LogP contribution in [0.2, 0.25) is 0 Å². The SMILES string of the molecule is COC(=O)[C-](C(=O)OC)C(=O)OC.[Na+]. The summed E-state index contributed by atoms with van der Waals surface area (Å²) in [7, 11) is 3.11. The molecule has 0 atom stereocenters. The smallest absolute Gasteiger partial charge is 0.490 e. The third-order valence-electron chi connectivity index (χ3n) is 1.17. The molecule has 0 fully saturated rings. The largest absolute Gasteiger partial charge is 1.00 e. The summed E-state index contributed by atoms with van der Waals surface area (Å²) in [6.07, 6.45) is 0. The summed E-state index contributed by atoms with van der Waals surface area (Å²) >= 11 is 0. The molecule has 7 heteroatoms. The Bertz CT molecular complexity index is 188. The maximum atomic E-state index is 10.9. The van der Waals surface area contributed by atoms with E-state index in [1.807, 2.05) is 0 Å². The number of rotatable bonds is 3. The van der Waals surface area contributed by atoms with Gasteiger partial charge in [0.15, 0.2) is 17.9 Å². The van der Waals surface area contributed by atoms with Crippen molar-refractivity contribution in [3.05, 3.63) is 5.92 Å². The van der Waals surface area contributed by atoms with Gasteiger partial charge in [0.2, 0.25) is 0 Å². The maximum Gasteiger partial charge on any atom is 1.00 e. The van der Waals surface area contributed by atoms with E-state index in [4.69, 9.17) is 0 Å². The fourth-order valence-corrected chi connectivity index (χ4v) is 0.556. The van der Waals surface area contributed by atoms with E-state index in [0.29, 0.717) is 0 Å². The van der Waals surface area contributed by atoms with Gasteiger partial charge in [-0.1, -0.05) is 5.92 Å². The molecule has 6 nitrogen and oxygen atoms in total. The van der Waals surface area contributed by atoms with Gasteiger partial charge in [0.05, 0.1) is 21.3 Å². The molecule has 0 aromatic heterocycles. The molecule has 0 radical (unpaired) electrons. The number of carbonyl (C=O) groups excluding carboxylic acids is 3. The van der Waals surface area contributed by atoms with Crippen molar-refractivity contribution in [2.75, 3.05) is 21.3 Å². The molecule has 0 heterocycles. The van der Waals surface area contributed by atoms with Gasteiger partial charge < -0.3 is 14.2 Å². The molecule has 0 rings (SSSR count). The van der Waals surface area contributed by atoms with Gasteiger partial charge in [-0.15, -0.1) is 0 Å². The summed E-state index contributed by atoms with van der Waals surface area (Å²) in [5.41, 5.74) is 0. The van der Waals surface area contributed by atoms with Crippen LogP contribution >= 0.6 is 0 Å². The molecule has 0 aromatic rings. The van der Waals surface area contributed by atoms with Gasteiger partial charge >= 0.3 is 29.6 Å². The van der Waals surface area contributed by atoms with Crippen LogP contribution in [-0.4, -0.2) is 39.2 Å². The van der Waals surface area contributed by atoms with Crippen LogP contribution in [0.5, 0.6) is 0 Å². The summed E-state index contributed by atoms with van der Waals surface area (Å²) in [5, 5.41) is 0. The van der Waals surface area contributed by atoms with E-state index in [9.17, 15) is 14.4 Å². The van der Waals surface area contributed by atoms with E-state index >= 15 is 0 Å². The number of hydrogen-bond donors (Lipinski definition) is 0. The first-order chi connectivity index (χ1) is 6.08. The summed E-state index contributed by atoms with van der Waals surface area (Å²) < 4.78 is 12.5. The van der Waals surface area contributed by atoms with Crippen molar-refractivity contribution in [1.29, 1.82) is 0 Å². The minimum Gasteiger partial charge on any atom is -0.490 e. The first kappa shape index (κ1) is 15.7. The molecule has 0 aromatic carbocycles. The second kappa shape index (κ2) is 7.66. The zero-order valence-electron chi connectivity index (χ0n) is 8.45. The first-order valence-electron chi connectivity index (χ1n) is 3.20. The van der Waals surface area contributed by atoms with Crippen molar-refractivity contribution in [3.63, 3.8) is 0 Å². The molecular weight excluding hydrogens is 203 g/mol. The van der Waals surface area contributed by atoms with Gasteiger partial charge in [-0.25, -0.2) is 0 Å². The molecule has 0 saturated heterocycles. The minimum atomic E-state index is -1.08. The second-order valence-electron chi connectivity index (χ2n) is 1.85. The van der Waals surface area contributed by atoms with Gasteiger partial charge in [0, 0.05) is 0 Å². The monoisotopic (exact) mass is 212 g/mol. The van der Waals surface area contributed by atoms with Gasteiger partial charge in [-0.05, 0) is 0 Å². The van der Waals surface area contributed by atoms with E-state index in [0.717, 1.165) is 21.3 Å². The van der Waals surface area contributed by atoms with Crippen molar-refractivity contribution in [2.45, 2.75) is 0 Å². The Kier molecular flexibility index (Phi) is 8.61. The average Bonchev–Trinajstić information content (AvgIpc) is 2.16. The molecule has 0 N–H and O–H groups in total. The van der Waals surface area contributed by atoms with Gasteiger partial charge in [0.1, 0.15) is 0 Å². The Morgan fingerprint density at radius 1 is 0.786 bits per heavy atom. The Morgan fingerprint density at radius 2 is 1.00 bits per heavy atom. The molecule has 0 bridgehead atoms. The van der Waals surface area contributed by atoms with E-state index in [-0.39, 0.29) is 29.6 Å². The van der Waals surface area contributed by atoms with Crippen molar-refractivity contribution in [1.82, 2.24) is 0 Å². The predicted octanol–water partition coefficient (Wildman–Crippen LogP) is -3.92. The molecule has 0 spiro atoms. The van der Waals surface area contributed by atoms with Crippen LogP contribution in [0.3, 0.4) is 0 Å². The second-order valence-corrected chi connectivity index (χ2v) is 1.85. The van der Waals surface area contributed by atoms with E-state index in [1.165, 1.54) is 0 Å².